The largest absolute Gasteiger partial charge is 0.367 e. The van der Waals surface area contributed by atoms with Gasteiger partial charge in [0.2, 0.25) is 0 Å². The molecule has 0 aliphatic rings. The van der Waals surface area contributed by atoms with Crippen molar-refractivity contribution in [2.45, 2.75) is 0 Å². The molecule has 0 aliphatic carbocycles. The molecule has 1 heterocycles. The molecule has 1 N–H and O–H groups in total. The molecule has 0 bridgehead atoms. The molecule has 0 aliphatic heterocycles. The second kappa shape index (κ2) is 5.37. The number of anilines is 1. The van der Waals surface area contributed by atoms with Gasteiger partial charge in [0.1, 0.15) is 0 Å². The number of fused-ring (bicyclic) bond motifs is 1. The summed E-state index contributed by atoms with van der Waals surface area (Å²) in [5.41, 5.74) is 0. The van der Waals surface area contributed by atoms with E-state index >= 15 is 0 Å². The first-order chi connectivity index (χ1) is 7.83. The van der Waals surface area contributed by atoms with Gasteiger partial charge in [0.15, 0.2) is 11.0 Å². The van der Waals surface area contributed by atoms with Crippen molar-refractivity contribution in [2.24, 2.45) is 0 Å². The van der Waals surface area contributed by atoms with Crippen LogP contribution in [0.1, 0.15) is 0 Å². The summed E-state index contributed by atoms with van der Waals surface area (Å²) in [5, 5.41) is 13.7. The Morgan fingerprint density at radius 2 is 2.00 bits per heavy atom. The van der Waals surface area contributed by atoms with Crippen molar-refractivity contribution in [1.82, 2.24) is 10.2 Å². The van der Waals surface area contributed by atoms with Crippen LogP contribution >= 0.6 is 23.4 Å². The van der Waals surface area contributed by atoms with E-state index in [1.165, 1.54) is 0 Å². The van der Waals surface area contributed by atoms with Crippen molar-refractivity contribution in [3.05, 3.63) is 29.4 Å². The molecule has 0 unspecified atom stereocenters. The SMILES string of the molecule is CSCCNc1nnc(Cl)c2ccccc12. The smallest absolute Gasteiger partial charge is 0.159 e. The van der Waals surface area contributed by atoms with Crippen LogP contribution in [0.4, 0.5) is 5.82 Å². The van der Waals surface area contributed by atoms with Gasteiger partial charge in [-0.1, -0.05) is 35.9 Å². The highest BCUT2D eigenvalue weighted by Gasteiger charge is 2.05. The zero-order valence-electron chi connectivity index (χ0n) is 8.90. The van der Waals surface area contributed by atoms with Crippen LogP contribution in [-0.2, 0) is 0 Å². The summed E-state index contributed by atoms with van der Waals surface area (Å²) >= 11 is 7.78. The van der Waals surface area contributed by atoms with Gasteiger partial charge in [0.05, 0.1) is 0 Å². The molecule has 2 aromatic rings. The number of hydrogen-bond acceptors (Lipinski definition) is 4. The standard InChI is InChI=1S/C11H12ClN3S/c1-16-7-6-13-11-9-5-3-2-4-8(9)10(12)14-15-11/h2-5H,6-7H2,1H3,(H,13,15). The molecule has 0 saturated carbocycles. The topological polar surface area (TPSA) is 37.8 Å². The van der Waals surface area contributed by atoms with E-state index in [9.17, 15) is 0 Å². The van der Waals surface area contributed by atoms with E-state index in [0.29, 0.717) is 5.15 Å². The Morgan fingerprint density at radius 3 is 2.75 bits per heavy atom. The van der Waals surface area contributed by atoms with Crippen LogP contribution in [0.3, 0.4) is 0 Å². The van der Waals surface area contributed by atoms with Crippen LogP contribution < -0.4 is 5.32 Å². The molecule has 1 aromatic heterocycles. The maximum absolute atomic E-state index is 5.98. The Morgan fingerprint density at radius 1 is 1.25 bits per heavy atom. The molecule has 2 rings (SSSR count). The lowest BCUT2D eigenvalue weighted by Crippen LogP contribution is -2.06. The number of benzene rings is 1. The van der Waals surface area contributed by atoms with E-state index in [1.54, 1.807) is 11.8 Å². The van der Waals surface area contributed by atoms with Crippen molar-refractivity contribution in [3.63, 3.8) is 0 Å². The summed E-state index contributed by atoms with van der Waals surface area (Å²) in [6.07, 6.45) is 2.08. The Hall–Kier alpha value is -1.00. The Labute approximate surface area is 104 Å². The minimum Gasteiger partial charge on any atom is -0.367 e. The van der Waals surface area contributed by atoms with Crippen LogP contribution in [0.25, 0.3) is 10.8 Å². The minimum absolute atomic E-state index is 0.450. The zero-order valence-corrected chi connectivity index (χ0v) is 10.5. The quantitative estimate of drug-likeness (QED) is 0.850. The van der Waals surface area contributed by atoms with Crippen LogP contribution in [0.5, 0.6) is 0 Å². The van der Waals surface area contributed by atoms with E-state index in [4.69, 9.17) is 11.6 Å². The van der Waals surface area contributed by atoms with Gasteiger partial charge in [-0.2, -0.15) is 11.8 Å². The van der Waals surface area contributed by atoms with Gasteiger partial charge in [0.25, 0.3) is 0 Å². The van der Waals surface area contributed by atoms with E-state index in [2.05, 4.69) is 21.8 Å². The molecule has 0 fully saturated rings. The van der Waals surface area contributed by atoms with Gasteiger partial charge < -0.3 is 5.32 Å². The molecule has 0 amide bonds. The summed E-state index contributed by atoms with van der Waals surface area (Å²) in [7, 11) is 0. The molecular formula is C11H12ClN3S. The third-order valence-corrected chi connectivity index (χ3v) is 3.13. The van der Waals surface area contributed by atoms with Gasteiger partial charge in [0, 0.05) is 23.1 Å². The molecular weight excluding hydrogens is 242 g/mol. The molecule has 0 radical (unpaired) electrons. The Balaban J connectivity index is 2.35. The van der Waals surface area contributed by atoms with E-state index in [0.717, 1.165) is 28.9 Å². The maximum Gasteiger partial charge on any atom is 0.159 e. The third-order valence-electron chi connectivity index (χ3n) is 2.24. The number of rotatable bonds is 4. The normalized spacial score (nSPS) is 10.6. The summed E-state index contributed by atoms with van der Waals surface area (Å²) < 4.78 is 0. The fraction of sp³-hybridized carbons (Fsp3) is 0.273. The number of hydrogen-bond donors (Lipinski definition) is 1. The second-order valence-corrected chi connectivity index (χ2v) is 4.65. The second-order valence-electron chi connectivity index (χ2n) is 3.30. The summed E-state index contributed by atoms with van der Waals surface area (Å²) in [4.78, 5) is 0. The van der Waals surface area contributed by atoms with Crippen molar-refractivity contribution in [1.29, 1.82) is 0 Å². The number of nitrogens with zero attached hydrogens (tertiary/aromatic N) is 2. The van der Waals surface area contributed by atoms with E-state index in [-0.39, 0.29) is 0 Å². The van der Waals surface area contributed by atoms with Gasteiger partial charge in [-0.05, 0) is 6.26 Å². The molecule has 16 heavy (non-hydrogen) atoms. The lowest BCUT2D eigenvalue weighted by molar-refractivity contribution is 1.03. The first-order valence-corrected chi connectivity index (χ1v) is 6.74. The molecule has 3 nitrogen and oxygen atoms in total. The highest BCUT2D eigenvalue weighted by molar-refractivity contribution is 7.98. The number of thioether (sulfide) groups is 1. The van der Waals surface area contributed by atoms with Crippen molar-refractivity contribution >= 4 is 40.0 Å². The first-order valence-electron chi connectivity index (χ1n) is 4.96. The van der Waals surface area contributed by atoms with Crippen LogP contribution in [0, 0.1) is 0 Å². The molecule has 0 spiro atoms. The third kappa shape index (κ3) is 2.39. The van der Waals surface area contributed by atoms with Crippen LogP contribution in [0.15, 0.2) is 24.3 Å². The summed E-state index contributed by atoms with van der Waals surface area (Å²) in [6.45, 7) is 0.876. The monoisotopic (exact) mass is 253 g/mol. The maximum atomic E-state index is 5.98. The zero-order chi connectivity index (χ0) is 11.4. The molecule has 0 atom stereocenters. The minimum atomic E-state index is 0.450. The first kappa shape index (κ1) is 11.5. The highest BCUT2D eigenvalue weighted by atomic mass is 35.5. The van der Waals surface area contributed by atoms with Gasteiger partial charge in [-0.3, -0.25) is 0 Å². The average Bonchev–Trinajstić information content (AvgIpc) is 2.33. The molecule has 84 valence electrons. The highest BCUT2D eigenvalue weighted by Crippen LogP contribution is 2.25. The van der Waals surface area contributed by atoms with Crippen LogP contribution in [-0.4, -0.2) is 28.8 Å². The summed E-state index contributed by atoms with van der Waals surface area (Å²) in [6, 6.07) is 7.87. The lowest BCUT2D eigenvalue weighted by Gasteiger charge is -2.07. The fourth-order valence-electron chi connectivity index (χ4n) is 1.47. The summed E-state index contributed by atoms with van der Waals surface area (Å²) in [5.74, 6) is 1.84. The van der Waals surface area contributed by atoms with Gasteiger partial charge in [-0.15, -0.1) is 10.2 Å². The lowest BCUT2D eigenvalue weighted by atomic mass is 10.2. The van der Waals surface area contributed by atoms with E-state index < -0.39 is 0 Å². The molecule has 1 aromatic carbocycles. The van der Waals surface area contributed by atoms with E-state index in [1.807, 2.05) is 24.3 Å². The van der Waals surface area contributed by atoms with Gasteiger partial charge >= 0.3 is 0 Å². The van der Waals surface area contributed by atoms with Gasteiger partial charge in [-0.25, -0.2) is 0 Å². The molecule has 5 heteroatoms. The predicted molar refractivity (Wildman–Crippen MR) is 71.4 cm³/mol. The number of nitrogens with one attached hydrogen (secondary N) is 1. The van der Waals surface area contributed by atoms with Crippen molar-refractivity contribution in [2.75, 3.05) is 23.9 Å². The predicted octanol–water partition coefficient (Wildman–Crippen LogP) is 3.06. The number of aromatic nitrogens is 2. The Bertz CT molecular complexity index is 490. The van der Waals surface area contributed by atoms with Crippen LogP contribution in [0.2, 0.25) is 5.15 Å². The number of halogens is 1. The average molecular weight is 254 g/mol. The Kier molecular flexibility index (Phi) is 3.85. The van der Waals surface area contributed by atoms with Crippen molar-refractivity contribution in [3.8, 4) is 0 Å². The molecule has 0 saturated heterocycles. The van der Waals surface area contributed by atoms with Crippen molar-refractivity contribution < 1.29 is 0 Å². The fourth-order valence-corrected chi connectivity index (χ4v) is 1.98.